The number of carbonyl (C=O) groups is 2. The molecule has 1 aliphatic rings. The van der Waals surface area contributed by atoms with Gasteiger partial charge >= 0.3 is 6.03 Å². The van der Waals surface area contributed by atoms with Gasteiger partial charge in [-0.3, -0.25) is 9.69 Å². The smallest absolute Gasteiger partial charge is 0.325 e. The zero-order valence-electron chi connectivity index (χ0n) is 14.4. The van der Waals surface area contributed by atoms with E-state index in [9.17, 15) is 9.59 Å². The van der Waals surface area contributed by atoms with Gasteiger partial charge in [-0.25, -0.2) is 4.79 Å². The second kappa shape index (κ2) is 7.17. The van der Waals surface area contributed by atoms with Gasteiger partial charge < -0.3 is 10.1 Å². The van der Waals surface area contributed by atoms with Gasteiger partial charge in [0.25, 0.3) is 5.91 Å². The van der Waals surface area contributed by atoms with E-state index < -0.39 is 11.6 Å². The second-order valence-electron chi connectivity index (χ2n) is 6.25. The summed E-state index contributed by atoms with van der Waals surface area (Å²) in [5, 5.41) is 3.51. The highest BCUT2D eigenvalue weighted by atomic mass is 35.5. The number of para-hydroxylation sites is 1. The highest BCUT2D eigenvalue weighted by molar-refractivity contribution is 6.35. The van der Waals surface area contributed by atoms with Crippen LogP contribution >= 0.6 is 23.2 Å². The van der Waals surface area contributed by atoms with Crippen LogP contribution in [-0.2, 0) is 10.3 Å². The quantitative estimate of drug-likeness (QED) is 0.777. The number of hydrogen-bond acceptors (Lipinski definition) is 3. The number of aryl methyl sites for hydroxylation is 1. The molecule has 0 radical (unpaired) electrons. The molecule has 7 heteroatoms. The summed E-state index contributed by atoms with van der Waals surface area (Å²) in [6, 6.07) is 11.9. The molecule has 1 atom stereocenters. The molecular weight excluding hydrogens is 375 g/mol. The predicted molar refractivity (Wildman–Crippen MR) is 101 cm³/mol. The minimum atomic E-state index is -1.23. The van der Waals surface area contributed by atoms with Gasteiger partial charge in [0.2, 0.25) is 0 Å². The zero-order valence-corrected chi connectivity index (χ0v) is 15.9. The molecule has 0 bridgehead atoms. The van der Waals surface area contributed by atoms with E-state index in [4.69, 9.17) is 27.9 Å². The van der Waals surface area contributed by atoms with Crippen LogP contribution in [-0.4, -0.2) is 30.0 Å². The molecule has 3 amide bonds. The highest BCUT2D eigenvalue weighted by Crippen LogP contribution is 2.34. The summed E-state index contributed by atoms with van der Waals surface area (Å²) in [5.41, 5.74) is 0.258. The molecule has 1 saturated heterocycles. The molecule has 5 nitrogen and oxygen atoms in total. The summed E-state index contributed by atoms with van der Waals surface area (Å²) >= 11 is 12.1. The van der Waals surface area contributed by atoms with Crippen LogP contribution in [0.2, 0.25) is 10.0 Å². The van der Waals surface area contributed by atoms with Crippen LogP contribution in [0, 0.1) is 6.92 Å². The Morgan fingerprint density at radius 1 is 1.15 bits per heavy atom. The minimum Gasteiger partial charge on any atom is -0.491 e. The van der Waals surface area contributed by atoms with Crippen molar-refractivity contribution in [2.75, 3.05) is 13.2 Å². The monoisotopic (exact) mass is 392 g/mol. The number of nitrogens with zero attached hydrogens (tertiary/aromatic N) is 1. The van der Waals surface area contributed by atoms with Crippen molar-refractivity contribution in [1.82, 2.24) is 10.2 Å². The van der Waals surface area contributed by atoms with E-state index in [1.54, 1.807) is 25.1 Å². The van der Waals surface area contributed by atoms with Gasteiger partial charge in [-0.15, -0.1) is 0 Å². The number of imide groups is 1. The van der Waals surface area contributed by atoms with Crippen molar-refractivity contribution in [2.24, 2.45) is 0 Å². The van der Waals surface area contributed by atoms with Gasteiger partial charge in [-0.2, -0.15) is 0 Å². The number of carbonyl (C=O) groups excluding carboxylic acids is 2. The van der Waals surface area contributed by atoms with Crippen LogP contribution < -0.4 is 10.1 Å². The highest BCUT2D eigenvalue weighted by Gasteiger charge is 2.49. The number of halogens is 2. The number of hydrogen-bond donors (Lipinski definition) is 1. The Kier molecular flexibility index (Phi) is 5.12. The van der Waals surface area contributed by atoms with E-state index >= 15 is 0 Å². The molecule has 0 spiro atoms. The van der Waals surface area contributed by atoms with E-state index in [0.29, 0.717) is 15.6 Å². The number of rotatable bonds is 5. The van der Waals surface area contributed by atoms with Crippen molar-refractivity contribution in [3.8, 4) is 5.75 Å². The Balaban J connectivity index is 1.73. The third-order valence-electron chi connectivity index (χ3n) is 4.41. The third-order valence-corrected chi connectivity index (χ3v) is 4.96. The Morgan fingerprint density at radius 3 is 2.58 bits per heavy atom. The standard InChI is InChI=1S/C19H18Cl2N2O3/c1-12-5-3-4-6-16(12)26-10-9-23-17(24)19(2,22-18(23)25)14-8-7-13(20)11-15(14)21/h3-8,11H,9-10H2,1-2H3,(H,22,25)/t19-/m0/s1. The number of benzene rings is 2. The number of urea groups is 1. The molecule has 1 aliphatic heterocycles. The molecule has 1 fully saturated rings. The number of ether oxygens (including phenoxy) is 1. The third kappa shape index (κ3) is 3.37. The fourth-order valence-electron chi connectivity index (χ4n) is 2.94. The van der Waals surface area contributed by atoms with Crippen molar-refractivity contribution in [2.45, 2.75) is 19.4 Å². The minimum absolute atomic E-state index is 0.139. The van der Waals surface area contributed by atoms with Crippen LogP contribution in [0.5, 0.6) is 5.75 Å². The van der Waals surface area contributed by atoms with E-state index in [-0.39, 0.29) is 19.1 Å². The van der Waals surface area contributed by atoms with Gasteiger partial charge in [0, 0.05) is 15.6 Å². The molecule has 136 valence electrons. The Morgan fingerprint density at radius 2 is 1.88 bits per heavy atom. The van der Waals surface area contributed by atoms with Crippen molar-refractivity contribution >= 4 is 35.1 Å². The summed E-state index contributed by atoms with van der Waals surface area (Å²) in [5.74, 6) is 0.350. The lowest BCUT2D eigenvalue weighted by atomic mass is 9.92. The summed E-state index contributed by atoms with van der Waals surface area (Å²) < 4.78 is 5.69. The SMILES string of the molecule is Cc1ccccc1OCCN1C(=O)N[C@@](C)(c2ccc(Cl)cc2Cl)C1=O. The van der Waals surface area contributed by atoms with Crippen LogP contribution in [0.4, 0.5) is 4.79 Å². The molecule has 3 rings (SSSR count). The predicted octanol–water partition coefficient (Wildman–Crippen LogP) is 4.15. The maximum atomic E-state index is 12.9. The lowest BCUT2D eigenvalue weighted by Gasteiger charge is -2.23. The fraction of sp³-hybridized carbons (Fsp3) is 0.263. The molecule has 26 heavy (non-hydrogen) atoms. The fourth-order valence-corrected chi connectivity index (χ4v) is 3.54. The number of nitrogens with one attached hydrogen (secondary N) is 1. The van der Waals surface area contributed by atoms with E-state index in [1.807, 2.05) is 31.2 Å². The van der Waals surface area contributed by atoms with Gasteiger partial charge in [0.05, 0.1) is 6.54 Å². The summed E-state index contributed by atoms with van der Waals surface area (Å²) in [6.07, 6.45) is 0. The maximum absolute atomic E-state index is 12.9. The first-order valence-electron chi connectivity index (χ1n) is 8.11. The summed E-state index contributed by atoms with van der Waals surface area (Å²) in [4.78, 5) is 26.4. The molecule has 0 unspecified atom stereocenters. The average Bonchev–Trinajstić information content (AvgIpc) is 2.80. The molecule has 0 aromatic heterocycles. The second-order valence-corrected chi connectivity index (χ2v) is 7.09. The van der Waals surface area contributed by atoms with Gasteiger partial charge in [0.1, 0.15) is 17.9 Å². The Bertz CT molecular complexity index is 872. The number of amides is 3. The average molecular weight is 393 g/mol. The Hall–Kier alpha value is -2.24. The zero-order chi connectivity index (χ0) is 18.9. The molecule has 2 aromatic rings. The largest absolute Gasteiger partial charge is 0.491 e. The molecule has 0 saturated carbocycles. The van der Waals surface area contributed by atoms with E-state index in [1.165, 1.54) is 0 Å². The van der Waals surface area contributed by atoms with Crippen LogP contribution in [0.3, 0.4) is 0 Å². The molecule has 1 N–H and O–H groups in total. The lowest BCUT2D eigenvalue weighted by Crippen LogP contribution is -2.41. The van der Waals surface area contributed by atoms with E-state index in [2.05, 4.69) is 5.32 Å². The molecule has 1 heterocycles. The topological polar surface area (TPSA) is 58.6 Å². The summed E-state index contributed by atoms with van der Waals surface area (Å²) in [6.45, 7) is 3.90. The van der Waals surface area contributed by atoms with Crippen molar-refractivity contribution in [1.29, 1.82) is 0 Å². The Labute approximate surface area is 161 Å². The van der Waals surface area contributed by atoms with Crippen LogP contribution in [0.25, 0.3) is 0 Å². The first-order chi connectivity index (χ1) is 12.3. The summed E-state index contributed by atoms with van der Waals surface area (Å²) in [7, 11) is 0. The van der Waals surface area contributed by atoms with E-state index in [0.717, 1.165) is 16.2 Å². The van der Waals surface area contributed by atoms with Gasteiger partial charge in [-0.1, -0.05) is 47.5 Å². The van der Waals surface area contributed by atoms with Gasteiger partial charge in [-0.05, 0) is 37.6 Å². The van der Waals surface area contributed by atoms with Crippen LogP contribution in [0.1, 0.15) is 18.1 Å². The normalized spacial score (nSPS) is 19.6. The van der Waals surface area contributed by atoms with Crippen LogP contribution in [0.15, 0.2) is 42.5 Å². The molecule has 2 aromatic carbocycles. The lowest BCUT2D eigenvalue weighted by molar-refractivity contribution is -0.131. The molecular formula is C19H18Cl2N2O3. The first-order valence-corrected chi connectivity index (χ1v) is 8.86. The first kappa shape index (κ1) is 18.5. The van der Waals surface area contributed by atoms with Crippen molar-refractivity contribution < 1.29 is 14.3 Å². The van der Waals surface area contributed by atoms with Crippen molar-refractivity contribution in [3.63, 3.8) is 0 Å². The van der Waals surface area contributed by atoms with Crippen molar-refractivity contribution in [3.05, 3.63) is 63.6 Å². The van der Waals surface area contributed by atoms with Gasteiger partial charge in [0.15, 0.2) is 0 Å². The maximum Gasteiger partial charge on any atom is 0.325 e. The molecule has 0 aliphatic carbocycles.